The Morgan fingerprint density at radius 1 is 1.32 bits per heavy atom. The molecule has 1 amide bonds. The van der Waals surface area contributed by atoms with Crippen LogP contribution in [-0.2, 0) is 4.79 Å². The maximum absolute atomic E-state index is 12.9. The number of benzene rings is 1. The van der Waals surface area contributed by atoms with Crippen molar-refractivity contribution in [3.63, 3.8) is 0 Å². The summed E-state index contributed by atoms with van der Waals surface area (Å²) in [4.78, 5) is 15.9. The fourth-order valence-corrected chi connectivity index (χ4v) is 1.70. The van der Waals surface area contributed by atoms with Crippen LogP contribution in [0.4, 0.5) is 4.39 Å². The molecule has 0 spiro atoms. The van der Waals surface area contributed by atoms with E-state index in [-0.39, 0.29) is 17.6 Å². The highest BCUT2D eigenvalue weighted by atomic mass is 19.1. The lowest BCUT2D eigenvalue weighted by Crippen LogP contribution is -2.24. The molecule has 1 atom stereocenters. The molecule has 2 aromatic rings. The fraction of sp³-hybridized carbons (Fsp3) is 0.188. The minimum atomic E-state index is -0.426. The third-order valence-corrected chi connectivity index (χ3v) is 2.82. The standard InChI is InChI=1S/C16H16FN3O2/c1-3-4-5-6-14(21)18-11(2)16-19-15(20-22-16)12-7-9-13(17)10-8-12/h3-11H,1-2H3,(H,18,21)/b4-3+,6-5+/t11-/m1/s1. The van der Waals surface area contributed by atoms with Crippen LogP contribution in [-0.4, -0.2) is 16.0 Å². The van der Waals surface area contributed by atoms with Gasteiger partial charge in [-0.1, -0.05) is 23.4 Å². The van der Waals surface area contributed by atoms with Crippen molar-refractivity contribution in [2.75, 3.05) is 0 Å². The van der Waals surface area contributed by atoms with Gasteiger partial charge in [0.1, 0.15) is 11.9 Å². The Morgan fingerprint density at radius 3 is 2.73 bits per heavy atom. The predicted molar refractivity (Wildman–Crippen MR) is 80.2 cm³/mol. The summed E-state index contributed by atoms with van der Waals surface area (Å²) in [6.45, 7) is 3.60. The van der Waals surface area contributed by atoms with E-state index >= 15 is 0 Å². The molecule has 0 aliphatic carbocycles. The number of hydrogen-bond acceptors (Lipinski definition) is 4. The summed E-state index contributed by atoms with van der Waals surface area (Å²) in [6.07, 6.45) is 6.62. The second-order valence-electron chi connectivity index (χ2n) is 4.58. The van der Waals surface area contributed by atoms with Gasteiger partial charge in [0.25, 0.3) is 0 Å². The Balaban J connectivity index is 2.04. The SMILES string of the molecule is C/C=C/C=C/C(=O)N[C@H](C)c1nc(-c2ccc(F)cc2)no1. The molecule has 0 saturated heterocycles. The largest absolute Gasteiger partial charge is 0.341 e. The van der Waals surface area contributed by atoms with Crippen molar-refractivity contribution < 1.29 is 13.7 Å². The number of nitrogens with one attached hydrogen (secondary N) is 1. The minimum Gasteiger partial charge on any atom is -0.341 e. The smallest absolute Gasteiger partial charge is 0.249 e. The monoisotopic (exact) mass is 301 g/mol. The van der Waals surface area contributed by atoms with E-state index in [2.05, 4.69) is 15.5 Å². The minimum absolute atomic E-state index is 0.257. The molecule has 6 heteroatoms. The number of nitrogens with zero attached hydrogens (tertiary/aromatic N) is 2. The molecule has 0 aliphatic rings. The van der Waals surface area contributed by atoms with Crippen molar-refractivity contribution in [1.29, 1.82) is 0 Å². The molecule has 0 radical (unpaired) electrons. The average molecular weight is 301 g/mol. The highest BCUT2D eigenvalue weighted by molar-refractivity contribution is 5.87. The number of aromatic nitrogens is 2. The predicted octanol–water partition coefficient (Wildman–Crippen LogP) is 3.19. The fourth-order valence-electron chi connectivity index (χ4n) is 1.70. The van der Waals surface area contributed by atoms with Crippen molar-refractivity contribution >= 4 is 5.91 Å². The Kier molecular flexibility index (Phi) is 5.19. The number of rotatable bonds is 5. The van der Waals surface area contributed by atoms with Crippen LogP contribution in [0.1, 0.15) is 25.8 Å². The van der Waals surface area contributed by atoms with Crippen LogP contribution in [0, 0.1) is 5.82 Å². The van der Waals surface area contributed by atoms with Gasteiger partial charge in [0.05, 0.1) is 0 Å². The number of hydrogen-bond donors (Lipinski definition) is 1. The van der Waals surface area contributed by atoms with Crippen LogP contribution >= 0.6 is 0 Å². The van der Waals surface area contributed by atoms with Crippen molar-refractivity contribution in [2.24, 2.45) is 0 Å². The van der Waals surface area contributed by atoms with E-state index in [1.807, 2.05) is 13.0 Å². The van der Waals surface area contributed by atoms with Gasteiger partial charge in [0.2, 0.25) is 17.6 Å². The molecular formula is C16H16FN3O2. The van der Waals surface area contributed by atoms with Gasteiger partial charge in [-0.25, -0.2) is 4.39 Å². The van der Waals surface area contributed by atoms with Crippen molar-refractivity contribution in [3.8, 4) is 11.4 Å². The zero-order chi connectivity index (χ0) is 15.9. The molecule has 2 rings (SSSR count). The Bertz CT molecular complexity index is 690. The Labute approximate surface area is 127 Å². The normalized spacial score (nSPS) is 12.9. The highest BCUT2D eigenvalue weighted by Gasteiger charge is 2.16. The summed E-state index contributed by atoms with van der Waals surface area (Å²) in [7, 11) is 0. The van der Waals surface area contributed by atoms with Gasteiger partial charge in [0.15, 0.2) is 0 Å². The van der Waals surface area contributed by atoms with E-state index in [1.165, 1.54) is 18.2 Å². The number of allylic oxidation sites excluding steroid dienone is 3. The summed E-state index contributed by atoms with van der Waals surface area (Å²) in [5, 5.41) is 6.54. The van der Waals surface area contributed by atoms with Gasteiger partial charge in [0, 0.05) is 11.6 Å². The van der Waals surface area contributed by atoms with Crippen molar-refractivity contribution in [2.45, 2.75) is 19.9 Å². The molecule has 0 aliphatic heterocycles. The molecule has 22 heavy (non-hydrogen) atoms. The van der Waals surface area contributed by atoms with Gasteiger partial charge in [-0.15, -0.1) is 0 Å². The molecule has 0 saturated carbocycles. The van der Waals surface area contributed by atoms with Gasteiger partial charge >= 0.3 is 0 Å². The first-order chi connectivity index (χ1) is 10.6. The lowest BCUT2D eigenvalue weighted by atomic mass is 10.2. The van der Waals surface area contributed by atoms with Gasteiger partial charge in [-0.2, -0.15) is 4.98 Å². The first-order valence-corrected chi connectivity index (χ1v) is 6.79. The van der Waals surface area contributed by atoms with E-state index in [4.69, 9.17) is 4.52 Å². The van der Waals surface area contributed by atoms with Gasteiger partial charge in [-0.3, -0.25) is 4.79 Å². The van der Waals surface area contributed by atoms with E-state index in [1.54, 1.807) is 31.2 Å². The van der Waals surface area contributed by atoms with E-state index in [0.29, 0.717) is 11.4 Å². The second kappa shape index (κ2) is 7.31. The van der Waals surface area contributed by atoms with Crippen LogP contribution in [0.2, 0.25) is 0 Å². The maximum Gasteiger partial charge on any atom is 0.249 e. The lowest BCUT2D eigenvalue weighted by Gasteiger charge is -2.06. The molecule has 1 heterocycles. The summed E-state index contributed by atoms with van der Waals surface area (Å²) in [5.41, 5.74) is 0.642. The van der Waals surface area contributed by atoms with Gasteiger partial charge < -0.3 is 9.84 Å². The molecule has 1 N–H and O–H groups in total. The van der Waals surface area contributed by atoms with Crippen LogP contribution in [0.3, 0.4) is 0 Å². The van der Waals surface area contributed by atoms with E-state index in [0.717, 1.165) is 0 Å². The van der Waals surface area contributed by atoms with Crippen LogP contribution < -0.4 is 5.32 Å². The Morgan fingerprint density at radius 2 is 2.05 bits per heavy atom. The molecular weight excluding hydrogens is 285 g/mol. The van der Waals surface area contributed by atoms with Crippen LogP contribution in [0.5, 0.6) is 0 Å². The third-order valence-electron chi connectivity index (χ3n) is 2.82. The Hall–Kier alpha value is -2.76. The number of carbonyl (C=O) groups excluding carboxylic acids is 1. The number of amides is 1. The molecule has 0 bridgehead atoms. The van der Waals surface area contributed by atoms with E-state index < -0.39 is 6.04 Å². The zero-order valence-corrected chi connectivity index (χ0v) is 12.3. The van der Waals surface area contributed by atoms with Crippen molar-refractivity contribution in [3.05, 3.63) is 60.3 Å². The zero-order valence-electron chi connectivity index (χ0n) is 12.3. The molecule has 1 aromatic heterocycles. The quantitative estimate of drug-likeness (QED) is 0.680. The topological polar surface area (TPSA) is 68.0 Å². The summed E-state index contributed by atoms with van der Waals surface area (Å²) >= 11 is 0. The molecule has 1 aromatic carbocycles. The summed E-state index contributed by atoms with van der Waals surface area (Å²) in [5.74, 6) is 0.0424. The van der Waals surface area contributed by atoms with Crippen molar-refractivity contribution in [1.82, 2.24) is 15.5 Å². The van der Waals surface area contributed by atoms with E-state index in [9.17, 15) is 9.18 Å². The first-order valence-electron chi connectivity index (χ1n) is 6.79. The summed E-state index contributed by atoms with van der Waals surface area (Å²) in [6, 6.07) is 5.34. The molecule has 5 nitrogen and oxygen atoms in total. The second-order valence-corrected chi connectivity index (χ2v) is 4.58. The summed E-state index contributed by atoms with van der Waals surface area (Å²) < 4.78 is 18.0. The lowest BCUT2D eigenvalue weighted by molar-refractivity contribution is -0.117. The maximum atomic E-state index is 12.9. The highest BCUT2D eigenvalue weighted by Crippen LogP contribution is 2.18. The first kappa shape index (κ1) is 15.6. The number of halogens is 1. The van der Waals surface area contributed by atoms with Crippen LogP contribution in [0.25, 0.3) is 11.4 Å². The average Bonchev–Trinajstić information content (AvgIpc) is 2.98. The van der Waals surface area contributed by atoms with Gasteiger partial charge in [-0.05, 0) is 38.1 Å². The molecule has 0 unspecified atom stereocenters. The van der Waals surface area contributed by atoms with Crippen LogP contribution in [0.15, 0.2) is 53.1 Å². The molecule has 114 valence electrons. The molecule has 0 fully saturated rings. The third kappa shape index (κ3) is 4.12. The number of carbonyl (C=O) groups is 1.